The lowest BCUT2D eigenvalue weighted by molar-refractivity contribution is -0.139. The molecule has 5 nitrogen and oxygen atoms in total. The number of aromatic nitrogens is 1. The van der Waals surface area contributed by atoms with Crippen molar-refractivity contribution in [2.45, 2.75) is 49.2 Å². The number of halogens is 7. The van der Waals surface area contributed by atoms with Gasteiger partial charge in [0.05, 0.1) is 17.4 Å². The molecule has 0 spiro atoms. The number of alkyl halides is 6. The molecule has 0 saturated heterocycles. The third-order valence-corrected chi connectivity index (χ3v) is 6.63. The predicted molar refractivity (Wildman–Crippen MR) is 98.5 cm³/mol. The molecule has 0 aliphatic heterocycles. The Kier molecular flexibility index (Phi) is 5.30. The van der Waals surface area contributed by atoms with E-state index in [9.17, 15) is 39.2 Å². The first-order chi connectivity index (χ1) is 14.8. The van der Waals surface area contributed by atoms with E-state index in [1.165, 1.54) is 0 Å². The Balaban J connectivity index is 1.77. The molecule has 3 aliphatic carbocycles. The highest BCUT2D eigenvalue weighted by atomic mass is 32.2. The van der Waals surface area contributed by atoms with Gasteiger partial charge in [0.25, 0.3) is 0 Å². The highest BCUT2D eigenvalue weighted by Gasteiger charge is 2.50. The first kappa shape index (κ1) is 22.6. The van der Waals surface area contributed by atoms with Crippen LogP contribution in [0.25, 0.3) is 0 Å². The van der Waals surface area contributed by atoms with Gasteiger partial charge >= 0.3 is 21.8 Å². The molecule has 1 fully saturated rings. The summed E-state index contributed by atoms with van der Waals surface area (Å²) in [6.07, 6.45) is -1.42. The SMILES string of the molecule is O=S(=O)(Oc1ncc(Nc2ccc(F)c(C(F)(F)F)c2)c2c1C1CCC2CC1)C(F)(F)F. The van der Waals surface area contributed by atoms with Crippen LogP contribution in [0.2, 0.25) is 0 Å². The van der Waals surface area contributed by atoms with Gasteiger partial charge in [0.2, 0.25) is 5.88 Å². The Morgan fingerprint density at radius 1 is 0.969 bits per heavy atom. The van der Waals surface area contributed by atoms with Gasteiger partial charge in [0, 0.05) is 11.3 Å². The molecular weight excluding hydrogens is 469 g/mol. The zero-order valence-electron chi connectivity index (χ0n) is 16.0. The van der Waals surface area contributed by atoms with Crippen molar-refractivity contribution in [1.82, 2.24) is 4.98 Å². The van der Waals surface area contributed by atoms with Crippen LogP contribution >= 0.6 is 0 Å². The number of benzene rings is 1. The molecule has 3 aliphatic rings. The average molecular weight is 484 g/mol. The van der Waals surface area contributed by atoms with E-state index < -0.39 is 39.1 Å². The topological polar surface area (TPSA) is 68.3 Å². The molecule has 0 amide bonds. The molecule has 2 aromatic rings. The van der Waals surface area contributed by atoms with Crippen LogP contribution in [-0.2, 0) is 16.3 Å². The van der Waals surface area contributed by atoms with Crippen LogP contribution in [-0.4, -0.2) is 18.9 Å². The second-order valence-corrected chi connectivity index (χ2v) is 9.19. The summed E-state index contributed by atoms with van der Waals surface area (Å²) < 4.78 is 118. The predicted octanol–water partition coefficient (Wildman–Crippen LogP) is 5.97. The van der Waals surface area contributed by atoms with Gasteiger partial charge in [0.1, 0.15) is 5.82 Å². The highest BCUT2D eigenvalue weighted by Crippen LogP contribution is 2.54. The van der Waals surface area contributed by atoms with E-state index >= 15 is 0 Å². The molecular formula is C19H15F7N2O3S. The van der Waals surface area contributed by atoms with Crippen molar-refractivity contribution in [1.29, 1.82) is 0 Å². The second kappa shape index (κ2) is 7.49. The van der Waals surface area contributed by atoms with Crippen LogP contribution in [0.3, 0.4) is 0 Å². The fourth-order valence-corrected chi connectivity index (χ4v) is 4.76. The van der Waals surface area contributed by atoms with E-state index in [1.807, 2.05) is 0 Å². The molecule has 5 rings (SSSR count). The Hall–Kier alpha value is -2.57. The third kappa shape index (κ3) is 3.97. The van der Waals surface area contributed by atoms with Crippen molar-refractivity contribution < 1.29 is 43.3 Å². The number of anilines is 2. The second-order valence-electron chi connectivity index (χ2n) is 7.65. The zero-order valence-corrected chi connectivity index (χ0v) is 16.8. The van der Waals surface area contributed by atoms with E-state index in [4.69, 9.17) is 0 Å². The number of hydrogen-bond acceptors (Lipinski definition) is 5. The summed E-state index contributed by atoms with van der Waals surface area (Å²) in [6.45, 7) is 0. The van der Waals surface area contributed by atoms with Crippen LogP contribution < -0.4 is 9.50 Å². The summed E-state index contributed by atoms with van der Waals surface area (Å²) in [5, 5.41) is 2.72. The van der Waals surface area contributed by atoms with Crippen molar-refractivity contribution in [3.05, 3.63) is 46.9 Å². The Morgan fingerprint density at radius 3 is 2.12 bits per heavy atom. The zero-order chi connectivity index (χ0) is 23.5. The summed E-state index contributed by atoms with van der Waals surface area (Å²) in [5.74, 6) is -2.61. The Bertz CT molecular complexity index is 1150. The minimum atomic E-state index is -5.95. The van der Waals surface area contributed by atoms with Gasteiger partial charge in [-0.1, -0.05) is 0 Å². The third-order valence-electron chi connectivity index (χ3n) is 5.69. The fraction of sp³-hybridized carbons (Fsp3) is 0.421. The quantitative estimate of drug-likeness (QED) is 0.329. The number of fused-ring (bicyclic) bond motifs is 2. The number of pyridine rings is 1. The highest BCUT2D eigenvalue weighted by molar-refractivity contribution is 7.87. The van der Waals surface area contributed by atoms with Gasteiger partial charge < -0.3 is 9.50 Å². The maximum absolute atomic E-state index is 13.6. The average Bonchev–Trinajstić information content (AvgIpc) is 2.70. The molecule has 2 bridgehead atoms. The Labute approximate surface area is 177 Å². The molecule has 0 radical (unpaired) electrons. The number of nitrogens with zero attached hydrogens (tertiary/aromatic N) is 1. The molecule has 0 atom stereocenters. The van der Waals surface area contributed by atoms with Gasteiger partial charge in [-0.3, -0.25) is 0 Å². The summed E-state index contributed by atoms with van der Waals surface area (Å²) >= 11 is 0. The van der Waals surface area contributed by atoms with E-state index in [2.05, 4.69) is 14.5 Å². The molecule has 0 unspecified atom stereocenters. The Morgan fingerprint density at radius 2 is 1.56 bits per heavy atom. The van der Waals surface area contributed by atoms with Gasteiger partial charge in [-0.2, -0.15) is 34.8 Å². The van der Waals surface area contributed by atoms with Gasteiger partial charge in [-0.15, -0.1) is 0 Å². The van der Waals surface area contributed by atoms with Crippen LogP contribution in [0.15, 0.2) is 24.4 Å². The molecule has 174 valence electrons. The first-order valence-corrected chi connectivity index (χ1v) is 10.9. The van der Waals surface area contributed by atoms with Crippen LogP contribution in [0, 0.1) is 5.82 Å². The van der Waals surface area contributed by atoms with Gasteiger partial charge in [-0.05, 0) is 61.3 Å². The van der Waals surface area contributed by atoms with E-state index in [0.29, 0.717) is 43.4 Å². The monoisotopic (exact) mass is 484 g/mol. The molecule has 1 N–H and O–H groups in total. The minimum absolute atomic E-state index is 0.110. The maximum Gasteiger partial charge on any atom is 0.534 e. The number of hydrogen-bond donors (Lipinski definition) is 1. The molecule has 1 aromatic carbocycles. The van der Waals surface area contributed by atoms with Crippen LogP contribution in [0.5, 0.6) is 5.88 Å². The molecule has 1 aromatic heterocycles. The van der Waals surface area contributed by atoms with Crippen molar-refractivity contribution in [3.8, 4) is 5.88 Å². The van der Waals surface area contributed by atoms with Gasteiger partial charge in [-0.25, -0.2) is 9.37 Å². The van der Waals surface area contributed by atoms with Crippen molar-refractivity contribution in [3.63, 3.8) is 0 Å². The summed E-state index contributed by atoms with van der Waals surface area (Å²) in [6, 6.07) is 2.29. The standard InChI is InChI=1S/C19H15F7N2O3S/c20-13-6-5-11(7-12(13)18(21,22)23)28-14-8-27-17(31-32(29,30)19(24,25)26)16-10-3-1-9(2-4-10)15(14)16/h5-10,28H,1-4H2. The summed E-state index contributed by atoms with van der Waals surface area (Å²) in [4.78, 5) is 3.73. The largest absolute Gasteiger partial charge is 0.534 e. The lowest BCUT2D eigenvalue weighted by Gasteiger charge is -2.39. The van der Waals surface area contributed by atoms with E-state index in [0.717, 1.165) is 12.3 Å². The lowest BCUT2D eigenvalue weighted by Crippen LogP contribution is -2.30. The molecule has 1 heterocycles. The van der Waals surface area contributed by atoms with E-state index in [1.54, 1.807) is 0 Å². The summed E-state index contributed by atoms with van der Waals surface area (Å²) in [5.41, 5.74) is -6.39. The van der Waals surface area contributed by atoms with Gasteiger partial charge in [0.15, 0.2) is 0 Å². The lowest BCUT2D eigenvalue weighted by atomic mass is 9.67. The molecule has 32 heavy (non-hydrogen) atoms. The molecule has 13 heteroatoms. The number of rotatable bonds is 4. The summed E-state index contributed by atoms with van der Waals surface area (Å²) in [7, 11) is -5.95. The van der Waals surface area contributed by atoms with Crippen LogP contribution in [0.1, 0.15) is 54.2 Å². The fourth-order valence-electron chi connectivity index (χ4n) is 4.32. The first-order valence-electron chi connectivity index (χ1n) is 9.45. The van der Waals surface area contributed by atoms with E-state index in [-0.39, 0.29) is 28.8 Å². The van der Waals surface area contributed by atoms with Crippen molar-refractivity contribution in [2.75, 3.05) is 5.32 Å². The normalized spacial score (nSPS) is 20.7. The van der Waals surface area contributed by atoms with Crippen molar-refractivity contribution >= 4 is 21.5 Å². The maximum atomic E-state index is 13.6. The van der Waals surface area contributed by atoms with Crippen molar-refractivity contribution in [2.24, 2.45) is 0 Å². The smallest absolute Gasteiger partial charge is 0.355 e. The molecule has 1 saturated carbocycles. The number of nitrogens with one attached hydrogen (secondary N) is 1. The minimum Gasteiger partial charge on any atom is -0.355 e. The van der Waals surface area contributed by atoms with Crippen LogP contribution in [0.4, 0.5) is 42.1 Å².